The minimum Gasteiger partial charge on any atom is -0.354 e. The van der Waals surface area contributed by atoms with E-state index in [2.05, 4.69) is 25.5 Å². The molecule has 1 saturated heterocycles. The number of carbonyl (C=O) groups is 2. The highest BCUT2D eigenvalue weighted by Crippen LogP contribution is 2.19. The topological polar surface area (TPSA) is 87.2 Å². The second kappa shape index (κ2) is 8.49. The van der Waals surface area contributed by atoms with Gasteiger partial charge in [0, 0.05) is 30.7 Å². The number of aromatic nitrogens is 2. The fraction of sp³-hybridized carbons (Fsp3) is 0.263. The fourth-order valence-electron chi connectivity index (χ4n) is 3.08. The number of nitrogens with one attached hydrogen (secondary N) is 2. The Bertz CT molecular complexity index is 942. The van der Waals surface area contributed by atoms with Crippen LogP contribution in [0, 0.1) is 0 Å². The predicted octanol–water partition coefficient (Wildman–Crippen LogP) is 2.79. The molecule has 3 aromatic heterocycles. The molecule has 2 amide bonds. The zero-order chi connectivity index (χ0) is 19.3. The number of thiophene rings is 1. The Morgan fingerprint density at radius 2 is 2.14 bits per heavy atom. The number of hydrogen-bond acceptors (Lipinski definition) is 7. The summed E-state index contributed by atoms with van der Waals surface area (Å²) < 4.78 is 0. The van der Waals surface area contributed by atoms with Crippen molar-refractivity contribution in [3.63, 3.8) is 0 Å². The van der Waals surface area contributed by atoms with E-state index >= 15 is 0 Å². The summed E-state index contributed by atoms with van der Waals surface area (Å²) in [5.74, 6) is 0.695. The third-order valence-electron chi connectivity index (χ3n) is 4.39. The van der Waals surface area contributed by atoms with Gasteiger partial charge in [-0.3, -0.25) is 14.9 Å². The molecule has 1 aliphatic heterocycles. The average Bonchev–Trinajstić information content (AvgIpc) is 3.44. The number of anilines is 2. The maximum Gasteiger partial charge on any atom is 0.267 e. The Morgan fingerprint density at radius 3 is 2.93 bits per heavy atom. The molecule has 1 unspecified atom stereocenters. The molecule has 4 heterocycles. The Morgan fingerprint density at radius 1 is 1.21 bits per heavy atom. The van der Waals surface area contributed by atoms with Crippen LogP contribution in [0.4, 0.5) is 10.9 Å². The van der Waals surface area contributed by atoms with E-state index in [0.717, 1.165) is 25.3 Å². The van der Waals surface area contributed by atoms with Gasteiger partial charge in [-0.15, -0.1) is 22.7 Å². The van der Waals surface area contributed by atoms with E-state index in [1.165, 1.54) is 22.7 Å². The zero-order valence-corrected chi connectivity index (χ0v) is 16.6. The highest BCUT2D eigenvalue weighted by atomic mass is 32.1. The van der Waals surface area contributed by atoms with Crippen molar-refractivity contribution < 1.29 is 9.59 Å². The zero-order valence-electron chi connectivity index (χ0n) is 15.0. The first kappa shape index (κ1) is 18.6. The van der Waals surface area contributed by atoms with Crippen LogP contribution in [0.1, 0.15) is 21.8 Å². The van der Waals surface area contributed by atoms with Crippen molar-refractivity contribution in [3.8, 4) is 0 Å². The van der Waals surface area contributed by atoms with Gasteiger partial charge in [0.25, 0.3) is 5.91 Å². The molecule has 0 radical (unpaired) electrons. The number of rotatable bonds is 6. The second-order valence-electron chi connectivity index (χ2n) is 6.44. The molecule has 0 bridgehead atoms. The summed E-state index contributed by atoms with van der Waals surface area (Å²) in [5, 5.41) is 10.00. The molecular formula is C19H19N5O2S2. The standard InChI is InChI=1S/C19H19N5O2S2/c25-17(21-13-6-8-24(11-13)16-5-1-2-7-20-16)10-14-12-28-19(22-14)23-18(26)15-4-3-9-27-15/h1-5,7,9,12-13H,6,8,10-11H2,(H,21,25)(H,22,23,26). The first-order chi connectivity index (χ1) is 13.7. The summed E-state index contributed by atoms with van der Waals surface area (Å²) in [5.41, 5.74) is 0.656. The van der Waals surface area contributed by atoms with E-state index in [9.17, 15) is 9.59 Å². The molecule has 0 aromatic carbocycles. The van der Waals surface area contributed by atoms with Gasteiger partial charge in [-0.25, -0.2) is 9.97 Å². The van der Waals surface area contributed by atoms with E-state index in [-0.39, 0.29) is 24.3 Å². The van der Waals surface area contributed by atoms with Crippen molar-refractivity contribution in [2.75, 3.05) is 23.3 Å². The lowest BCUT2D eigenvalue weighted by Crippen LogP contribution is -2.38. The first-order valence-electron chi connectivity index (χ1n) is 8.92. The normalized spacial score (nSPS) is 16.1. The van der Waals surface area contributed by atoms with E-state index in [1.807, 2.05) is 29.6 Å². The molecule has 0 aliphatic carbocycles. The van der Waals surface area contributed by atoms with Crippen LogP contribution >= 0.6 is 22.7 Å². The van der Waals surface area contributed by atoms with Crippen molar-refractivity contribution in [3.05, 3.63) is 57.9 Å². The van der Waals surface area contributed by atoms with Crippen LogP contribution < -0.4 is 15.5 Å². The molecule has 1 atom stereocenters. The van der Waals surface area contributed by atoms with Gasteiger partial charge in [-0.1, -0.05) is 12.1 Å². The molecule has 144 valence electrons. The largest absolute Gasteiger partial charge is 0.354 e. The minimum absolute atomic E-state index is 0.0608. The SMILES string of the molecule is O=C(Cc1csc(NC(=O)c2cccs2)n1)NC1CCN(c2ccccn2)C1. The maximum atomic E-state index is 12.4. The maximum absolute atomic E-state index is 12.4. The summed E-state index contributed by atoms with van der Waals surface area (Å²) in [4.78, 5) is 35.9. The van der Waals surface area contributed by atoms with Crippen LogP contribution in [0.3, 0.4) is 0 Å². The number of hydrogen-bond donors (Lipinski definition) is 2. The molecule has 0 spiro atoms. The Labute approximate surface area is 170 Å². The molecular weight excluding hydrogens is 394 g/mol. The van der Waals surface area contributed by atoms with Crippen molar-refractivity contribution in [1.29, 1.82) is 0 Å². The average molecular weight is 414 g/mol. The molecule has 28 heavy (non-hydrogen) atoms. The Hall–Kier alpha value is -2.78. The second-order valence-corrected chi connectivity index (χ2v) is 8.25. The van der Waals surface area contributed by atoms with Crippen LogP contribution in [0.5, 0.6) is 0 Å². The van der Waals surface area contributed by atoms with Crippen LogP contribution in [0.25, 0.3) is 0 Å². The third kappa shape index (κ3) is 4.55. The lowest BCUT2D eigenvalue weighted by atomic mass is 10.2. The monoisotopic (exact) mass is 413 g/mol. The fourth-order valence-corrected chi connectivity index (χ4v) is 4.41. The predicted molar refractivity (Wildman–Crippen MR) is 111 cm³/mol. The van der Waals surface area contributed by atoms with Gasteiger partial charge in [0.1, 0.15) is 5.82 Å². The smallest absolute Gasteiger partial charge is 0.267 e. The molecule has 1 aliphatic rings. The summed E-state index contributed by atoms with van der Waals surface area (Å²) in [6.45, 7) is 1.62. The van der Waals surface area contributed by atoms with Gasteiger partial charge in [0.05, 0.1) is 17.0 Å². The lowest BCUT2D eigenvalue weighted by molar-refractivity contribution is -0.121. The van der Waals surface area contributed by atoms with Gasteiger partial charge in [0.2, 0.25) is 5.91 Å². The quantitative estimate of drug-likeness (QED) is 0.649. The molecule has 0 saturated carbocycles. The number of nitrogens with zero attached hydrogens (tertiary/aromatic N) is 3. The van der Waals surface area contributed by atoms with Crippen molar-refractivity contribution in [2.45, 2.75) is 18.9 Å². The van der Waals surface area contributed by atoms with Crippen molar-refractivity contribution >= 4 is 45.4 Å². The van der Waals surface area contributed by atoms with Gasteiger partial charge in [-0.05, 0) is 30.0 Å². The minimum atomic E-state index is -0.180. The Kier molecular flexibility index (Phi) is 5.63. The molecule has 4 rings (SSSR count). The van der Waals surface area contributed by atoms with Gasteiger partial charge < -0.3 is 10.2 Å². The van der Waals surface area contributed by atoms with Crippen molar-refractivity contribution in [2.24, 2.45) is 0 Å². The van der Waals surface area contributed by atoms with Crippen molar-refractivity contribution in [1.82, 2.24) is 15.3 Å². The van der Waals surface area contributed by atoms with E-state index in [4.69, 9.17) is 0 Å². The van der Waals surface area contributed by atoms with E-state index < -0.39 is 0 Å². The molecule has 7 nitrogen and oxygen atoms in total. The van der Waals surface area contributed by atoms with Crippen LogP contribution in [0.2, 0.25) is 0 Å². The van der Waals surface area contributed by atoms with Crippen LogP contribution in [0.15, 0.2) is 47.3 Å². The summed E-state index contributed by atoms with van der Waals surface area (Å²) in [6.07, 6.45) is 2.87. The summed E-state index contributed by atoms with van der Waals surface area (Å²) >= 11 is 2.70. The van der Waals surface area contributed by atoms with Gasteiger partial charge >= 0.3 is 0 Å². The van der Waals surface area contributed by atoms with E-state index in [0.29, 0.717) is 15.7 Å². The highest BCUT2D eigenvalue weighted by molar-refractivity contribution is 7.14. The van der Waals surface area contributed by atoms with Gasteiger partial charge in [-0.2, -0.15) is 0 Å². The lowest BCUT2D eigenvalue weighted by Gasteiger charge is -2.17. The number of carbonyl (C=O) groups excluding carboxylic acids is 2. The molecule has 9 heteroatoms. The van der Waals surface area contributed by atoms with Crippen LogP contribution in [-0.2, 0) is 11.2 Å². The van der Waals surface area contributed by atoms with Gasteiger partial charge in [0.15, 0.2) is 5.13 Å². The molecule has 3 aromatic rings. The molecule has 1 fully saturated rings. The van der Waals surface area contributed by atoms with Crippen LogP contribution in [-0.4, -0.2) is 40.9 Å². The summed E-state index contributed by atoms with van der Waals surface area (Å²) in [7, 11) is 0. The Balaban J connectivity index is 1.27. The first-order valence-corrected chi connectivity index (χ1v) is 10.7. The third-order valence-corrected chi connectivity index (χ3v) is 6.06. The summed E-state index contributed by atoms with van der Waals surface area (Å²) in [6, 6.07) is 9.53. The highest BCUT2D eigenvalue weighted by Gasteiger charge is 2.25. The molecule has 2 N–H and O–H groups in total. The number of pyridine rings is 1. The van der Waals surface area contributed by atoms with E-state index in [1.54, 1.807) is 17.6 Å². The number of amides is 2. The number of thiazole rings is 1.